The third-order valence-corrected chi connectivity index (χ3v) is 6.50. The third-order valence-electron chi connectivity index (χ3n) is 4.59. The molecule has 1 unspecified atom stereocenters. The van der Waals surface area contributed by atoms with Crippen LogP contribution in [-0.4, -0.2) is 32.9 Å². The van der Waals surface area contributed by atoms with Gasteiger partial charge in [-0.1, -0.05) is 48.9 Å². The Morgan fingerprint density at radius 1 is 1.00 bits per heavy atom. The molecule has 4 nitrogen and oxygen atoms in total. The molecule has 0 N–H and O–H groups in total. The monoisotopic (exact) mass is 345 g/mol. The number of hydrogen-bond acceptors (Lipinski definition) is 3. The van der Waals surface area contributed by atoms with E-state index in [0.29, 0.717) is 18.8 Å². The molecule has 0 radical (unpaired) electrons. The summed E-state index contributed by atoms with van der Waals surface area (Å²) in [6.45, 7) is 1.08. The van der Waals surface area contributed by atoms with Crippen LogP contribution in [0.15, 0.2) is 59.5 Å². The van der Waals surface area contributed by atoms with E-state index in [0.717, 1.165) is 19.3 Å². The minimum atomic E-state index is -3.56. The Hall–Kier alpha value is -1.85. The van der Waals surface area contributed by atoms with E-state index >= 15 is 0 Å². The van der Waals surface area contributed by atoms with Crippen LogP contribution in [0.2, 0.25) is 0 Å². The first-order valence-electron chi connectivity index (χ1n) is 8.31. The topological polar surface area (TPSA) is 46.6 Å². The van der Waals surface area contributed by atoms with Crippen molar-refractivity contribution in [2.24, 2.45) is 0 Å². The molecule has 128 valence electrons. The fourth-order valence-electron chi connectivity index (χ4n) is 3.29. The standard InChI is InChI=1S/C19H23NO3S/c1-23-18-12-5-6-13-19(18)24(21,22)20-14-8-7-11-17(15-20)16-9-3-2-4-10-16/h2-6,9-10,12-13,17H,7-8,11,14-15H2,1H3. The van der Waals surface area contributed by atoms with Crippen LogP contribution in [0.4, 0.5) is 0 Å². The Balaban J connectivity index is 1.92. The predicted molar refractivity (Wildman–Crippen MR) is 94.8 cm³/mol. The second kappa shape index (κ2) is 7.36. The van der Waals surface area contributed by atoms with Gasteiger partial charge in [-0.25, -0.2) is 8.42 Å². The van der Waals surface area contributed by atoms with Crippen LogP contribution < -0.4 is 4.74 Å². The Bertz CT molecular complexity index is 774. The molecule has 3 rings (SSSR count). The first kappa shape index (κ1) is 17.0. The fourth-order valence-corrected chi connectivity index (χ4v) is 4.97. The smallest absolute Gasteiger partial charge is 0.246 e. The van der Waals surface area contributed by atoms with Gasteiger partial charge in [0.2, 0.25) is 10.0 Å². The average molecular weight is 345 g/mol. The molecule has 24 heavy (non-hydrogen) atoms. The molecule has 0 spiro atoms. The molecule has 1 atom stereocenters. The molecule has 1 heterocycles. The molecule has 1 aliphatic rings. The molecule has 0 saturated carbocycles. The summed E-state index contributed by atoms with van der Waals surface area (Å²) in [5, 5.41) is 0. The quantitative estimate of drug-likeness (QED) is 0.850. The predicted octanol–water partition coefficient (Wildman–Crippen LogP) is 3.65. The van der Waals surface area contributed by atoms with E-state index < -0.39 is 10.0 Å². The highest BCUT2D eigenvalue weighted by Gasteiger charge is 2.31. The highest BCUT2D eigenvalue weighted by atomic mass is 32.2. The molecule has 2 aromatic rings. The molecule has 0 aliphatic carbocycles. The Kier molecular flexibility index (Phi) is 5.21. The van der Waals surface area contributed by atoms with E-state index in [1.54, 1.807) is 28.6 Å². The Morgan fingerprint density at radius 3 is 2.46 bits per heavy atom. The number of ether oxygens (including phenoxy) is 1. The summed E-state index contributed by atoms with van der Waals surface area (Å²) in [6, 6.07) is 17.0. The maximum Gasteiger partial charge on any atom is 0.246 e. The van der Waals surface area contributed by atoms with Crippen molar-refractivity contribution in [2.75, 3.05) is 20.2 Å². The van der Waals surface area contributed by atoms with Crippen molar-refractivity contribution in [1.82, 2.24) is 4.31 Å². The summed E-state index contributed by atoms with van der Waals surface area (Å²) in [5.74, 6) is 0.635. The largest absolute Gasteiger partial charge is 0.495 e. The lowest BCUT2D eigenvalue weighted by atomic mass is 9.95. The van der Waals surface area contributed by atoms with E-state index in [2.05, 4.69) is 12.1 Å². The van der Waals surface area contributed by atoms with Crippen LogP contribution in [-0.2, 0) is 10.0 Å². The summed E-state index contributed by atoms with van der Waals surface area (Å²) in [4.78, 5) is 0.251. The zero-order valence-electron chi connectivity index (χ0n) is 13.9. The van der Waals surface area contributed by atoms with E-state index in [1.807, 2.05) is 18.2 Å². The molecule has 1 saturated heterocycles. The molecule has 5 heteroatoms. The van der Waals surface area contributed by atoms with Crippen LogP contribution in [0.3, 0.4) is 0 Å². The molecular formula is C19H23NO3S. The summed E-state index contributed by atoms with van der Waals surface area (Å²) < 4.78 is 33.2. The van der Waals surface area contributed by atoms with E-state index in [9.17, 15) is 8.42 Å². The van der Waals surface area contributed by atoms with Crippen molar-refractivity contribution >= 4 is 10.0 Å². The van der Waals surface area contributed by atoms with Crippen molar-refractivity contribution < 1.29 is 13.2 Å². The Labute approximate surface area is 144 Å². The van der Waals surface area contributed by atoms with E-state index in [-0.39, 0.29) is 10.8 Å². The third kappa shape index (κ3) is 3.47. The molecule has 0 aromatic heterocycles. The number of methoxy groups -OCH3 is 1. The maximum atomic E-state index is 13.1. The minimum absolute atomic E-state index is 0.234. The second-order valence-corrected chi connectivity index (χ2v) is 8.02. The van der Waals surface area contributed by atoms with Gasteiger partial charge in [-0.05, 0) is 36.5 Å². The van der Waals surface area contributed by atoms with Gasteiger partial charge >= 0.3 is 0 Å². The highest BCUT2D eigenvalue weighted by molar-refractivity contribution is 7.89. The summed E-state index contributed by atoms with van der Waals surface area (Å²) in [6.07, 6.45) is 2.94. The van der Waals surface area contributed by atoms with Gasteiger partial charge in [-0.15, -0.1) is 0 Å². The zero-order valence-corrected chi connectivity index (χ0v) is 14.7. The van der Waals surface area contributed by atoms with Gasteiger partial charge in [0, 0.05) is 13.1 Å². The molecule has 0 amide bonds. The Morgan fingerprint density at radius 2 is 1.71 bits per heavy atom. The van der Waals surface area contributed by atoms with Crippen LogP contribution in [0.1, 0.15) is 30.7 Å². The van der Waals surface area contributed by atoms with Crippen molar-refractivity contribution in [2.45, 2.75) is 30.1 Å². The van der Waals surface area contributed by atoms with Crippen molar-refractivity contribution in [3.63, 3.8) is 0 Å². The van der Waals surface area contributed by atoms with Gasteiger partial charge in [0.1, 0.15) is 10.6 Å². The van der Waals surface area contributed by atoms with Crippen LogP contribution in [0, 0.1) is 0 Å². The van der Waals surface area contributed by atoms with E-state index in [4.69, 9.17) is 4.74 Å². The number of hydrogen-bond donors (Lipinski definition) is 0. The summed E-state index contributed by atoms with van der Waals surface area (Å²) in [5.41, 5.74) is 1.21. The van der Waals surface area contributed by atoms with E-state index in [1.165, 1.54) is 12.7 Å². The molecular weight excluding hydrogens is 322 g/mol. The van der Waals surface area contributed by atoms with Gasteiger partial charge in [0.05, 0.1) is 7.11 Å². The van der Waals surface area contributed by atoms with Gasteiger partial charge in [-0.3, -0.25) is 0 Å². The molecule has 2 aromatic carbocycles. The summed E-state index contributed by atoms with van der Waals surface area (Å²) in [7, 11) is -2.06. The van der Waals surface area contributed by atoms with Crippen LogP contribution in [0.25, 0.3) is 0 Å². The SMILES string of the molecule is COc1ccccc1S(=O)(=O)N1CCCCC(c2ccccc2)C1. The average Bonchev–Trinajstić information content (AvgIpc) is 2.89. The highest BCUT2D eigenvalue weighted by Crippen LogP contribution is 2.32. The number of sulfonamides is 1. The molecule has 1 fully saturated rings. The van der Waals surface area contributed by atoms with Crippen molar-refractivity contribution in [3.8, 4) is 5.75 Å². The zero-order chi connectivity index (χ0) is 17.0. The van der Waals surface area contributed by atoms with Gasteiger partial charge in [0.15, 0.2) is 0 Å². The first-order valence-corrected chi connectivity index (χ1v) is 9.75. The lowest BCUT2D eigenvalue weighted by Gasteiger charge is -2.25. The summed E-state index contributed by atoms with van der Waals surface area (Å²) >= 11 is 0. The minimum Gasteiger partial charge on any atom is -0.495 e. The number of rotatable bonds is 4. The number of benzene rings is 2. The number of nitrogens with zero attached hydrogens (tertiary/aromatic N) is 1. The van der Waals surface area contributed by atoms with Crippen LogP contribution >= 0.6 is 0 Å². The normalized spacial score (nSPS) is 19.6. The molecule has 1 aliphatic heterocycles. The molecule has 0 bridgehead atoms. The fraction of sp³-hybridized carbons (Fsp3) is 0.368. The van der Waals surface area contributed by atoms with Gasteiger partial charge in [0.25, 0.3) is 0 Å². The van der Waals surface area contributed by atoms with Gasteiger partial charge in [-0.2, -0.15) is 4.31 Å². The van der Waals surface area contributed by atoms with Crippen molar-refractivity contribution in [3.05, 3.63) is 60.2 Å². The van der Waals surface area contributed by atoms with Crippen molar-refractivity contribution in [1.29, 1.82) is 0 Å². The number of para-hydroxylation sites is 1. The first-order chi connectivity index (χ1) is 11.6. The second-order valence-electron chi connectivity index (χ2n) is 6.12. The van der Waals surface area contributed by atoms with Crippen LogP contribution in [0.5, 0.6) is 5.75 Å². The van der Waals surface area contributed by atoms with Gasteiger partial charge < -0.3 is 4.74 Å². The lowest BCUT2D eigenvalue weighted by Crippen LogP contribution is -2.34. The lowest BCUT2D eigenvalue weighted by molar-refractivity contribution is 0.386. The maximum absolute atomic E-state index is 13.1.